The first-order valence-corrected chi connectivity index (χ1v) is 4.54. The first-order valence-electron chi connectivity index (χ1n) is 4.16. The molecule has 2 rings (SSSR count). The molecule has 0 unspecified atom stereocenters. The highest BCUT2D eigenvalue weighted by Crippen LogP contribution is 2.28. The fourth-order valence-corrected chi connectivity index (χ4v) is 1.46. The topological polar surface area (TPSA) is 12.9 Å². The van der Waals surface area contributed by atoms with Gasteiger partial charge in [0.2, 0.25) is 0 Å². The van der Waals surface area contributed by atoms with Gasteiger partial charge in [-0.05, 0) is 24.3 Å². The van der Waals surface area contributed by atoms with E-state index >= 15 is 0 Å². The van der Waals surface area contributed by atoms with Crippen molar-refractivity contribution in [2.24, 2.45) is 0 Å². The Hall–Kier alpha value is -1.48. The third kappa shape index (κ3) is 1.97. The Kier molecular flexibility index (Phi) is 2.64. The Labute approximate surface area is 90.3 Å². The molecule has 1 aromatic carbocycles. The molecule has 1 nitrogen and oxygen atoms in total. The summed E-state index contributed by atoms with van der Waals surface area (Å²) < 4.78 is 26.3. The van der Waals surface area contributed by atoms with Gasteiger partial charge in [-0.1, -0.05) is 11.6 Å². The van der Waals surface area contributed by atoms with E-state index in [9.17, 15) is 8.78 Å². The molecule has 0 aliphatic carbocycles. The zero-order valence-electron chi connectivity index (χ0n) is 7.47. The van der Waals surface area contributed by atoms with Crippen LogP contribution in [0.5, 0.6) is 0 Å². The lowest BCUT2D eigenvalue weighted by molar-refractivity contribution is 0.603. The molecule has 1 heterocycles. The normalized spacial score (nSPS) is 10.3. The van der Waals surface area contributed by atoms with Crippen LogP contribution in [0.2, 0.25) is 5.02 Å². The van der Waals surface area contributed by atoms with Crippen molar-refractivity contribution in [3.8, 4) is 11.1 Å². The van der Waals surface area contributed by atoms with Gasteiger partial charge in [0.25, 0.3) is 0 Å². The SMILES string of the molecule is Fc1ccc(F)c(-c2ccn[c]c2Cl)c1. The molecule has 0 amide bonds. The predicted molar refractivity (Wildman–Crippen MR) is 53.4 cm³/mol. The van der Waals surface area contributed by atoms with Crippen LogP contribution in [0.4, 0.5) is 8.78 Å². The molecular formula is C11H5ClF2N. The quantitative estimate of drug-likeness (QED) is 0.723. The summed E-state index contributed by atoms with van der Waals surface area (Å²) in [5, 5.41) is 0.169. The molecule has 0 bridgehead atoms. The van der Waals surface area contributed by atoms with Gasteiger partial charge < -0.3 is 0 Å². The lowest BCUT2D eigenvalue weighted by Gasteiger charge is -2.04. The monoisotopic (exact) mass is 224 g/mol. The second-order valence-corrected chi connectivity index (χ2v) is 3.29. The maximum absolute atomic E-state index is 13.4. The summed E-state index contributed by atoms with van der Waals surface area (Å²) >= 11 is 5.78. The van der Waals surface area contributed by atoms with E-state index in [1.54, 1.807) is 0 Å². The van der Waals surface area contributed by atoms with Crippen molar-refractivity contribution >= 4 is 11.6 Å². The highest BCUT2D eigenvalue weighted by Gasteiger charge is 2.09. The Morgan fingerprint density at radius 2 is 1.93 bits per heavy atom. The van der Waals surface area contributed by atoms with Crippen molar-refractivity contribution in [3.63, 3.8) is 0 Å². The lowest BCUT2D eigenvalue weighted by atomic mass is 10.1. The summed E-state index contributed by atoms with van der Waals surface area (Å²) in [4.78, 5) is 3.65. The van der Waals surface area contributed by atoms with Crippen molar-refractivity contribution in [2.75, 3.05) is 0 Å². The Morgan fingerprint density at radius 1 is 1.13 bits per heavy atom. The van der Waals surface area contributed by atoms with Crippen molar-refractivity contribution in [1.29, 1.82) is 0 Å². The maximum Gasteiger partial charge on any atom is 0.131 e. The number of hydrogen-bond donors (Lipinski definition) is 0. The van der Waals surface area contributed by atoms with E-state index in [2.05, 4.69) is 11.2 Å². The first-order chi connectivity index (χ1) is 7.18. The summed E-state index contributed by atoms with van der Waals surface area (Å²) in [5.41, 5.74) is 0.488. The second kappa shape index (κ2) is 3.95. The van der Waals surface area contributed by atoms with Crippen molar-refractivity contribution in [3.05, 3.63) is 53.3 Å². The zero-order chi connectivity index (χ0) is 10.8. The minimum atomic E-state index is -0.530. The van der Waals surface area contributed by atoms with E-state index in [1.807, 2.05) is 0 Å². The average molecular weight is 225 g/mol. The van der Waals surface area contributed by atoms with Crippen LogP contribution in [0, 0.1) is 17.8 Å². The van der Waals surface area contributed by atoms with Crippen LogP contribution in [0.15, 0.2) is 30.5 Å². The van der Waals surface area contributed by atoms with Crippen LogP contribution in [0.3, 0.4) is 0 Å². The molecular weight excluding hydrogens is 220 g/mol. The van der Waals surface area contributed by atoms with Crippen molar-refractivity contribution in [2.45, 2.75) is 0 Å². The van der Waals surface area contributed by atoms with Crippen molar-refractivity contribution < 1.29 is 8.78 Å². The number of halogens is 3. The Balaban J connectivity index is 2.64. The fourth-order valence-electron chi connectivity index (χ4n) is 1.25. The van der Waals surface area contributed by atoms with Crippen LogP contribution in [-0.2, 0) is 0 Å². The molecule has 0 spiro atoms. The van der Waals surface area contributed by atoms with E-state index in [0.717, 1.165) is 18.2 Å². The zero-order valence-corrected chi connectivity index (χ0v) is 8.22. The summed E-state index contributed by atoms with van der Waals surface area (Å²) in [5.74, 6) is -1.04. The molecule has 15 heavy (non-hydrogen) atoms. The maximum atomic E-state index is 13.4. The molecule has 0 atom stereocenters. The largest absolute Gasteiger partial charge is 0.253 e. The van der Waals surface area contributed by atoms with Crippen LogP contribution in [0.1, 0.15) is 0 Å². The average Bonchev–Trinajstić information content (AvgIpc) is 2.23. The highest BCUT2D eigenvalue weighted by atomic mass is 35.5. The number of pyridine rings is 1. The van der Waals surface area contributed by atoms with Crippen LogP contribution in [-0.4, -0.2) is 4.98 Å². The van der Waals surface area contributed by atoms with Crippen molar-refractivity contribution in [1.82, 2.24) is 4.98 Å². The number of nitrogens with zero attached hydrogens (tertiary/aromatic N) is 1. The summed E-state index contributed by atoms with van der Waals surface area (Å²) in [7, 11) is 0. The molecule has 1 aromatic heterocycles. The van der Waals surface area contributed by atoms with E-state index in [-0.39, 0.29) is 10.6 Å². The third-order valence-electron chi connectivity index (χ3n) is 1.93. The summed E-state index contributed by atoms with van der Waals surface area (Å²) in [6.45, 7) is 0. The first kappa shape index (κ1) is 10.1. The fraction of sp³-hybridized carbons (Fsp3) is 0. The lowest BCUT2D eigenvalue weighted by Crippen LogP contribution is -1.88. The molecule has 0 saturated carbocycles. The summed E-state index contributed by atoms with van der Waals surface area (Å²) in [6, 6.07) is 4.71. The smallest absolute Gasteiger partial charge is 0.131 e. The predicted octanol–water partition coefficient (Wildman–Crippen LogP) is 3.48. The van der Waals surface area contributed by atoms with Gasteiger partial charge in [-0.3, -0.25) is 4.98 Å². The molecule has 4 heteroatoms. The second-order valence-electron chi connectivity index (χ2n) is 2.91. The number of benzene rings is 1. The molecule has 75 valence electrons. The number of hydrogen-bond acceptors (Lipinski definition) is 1. The molecule has 0 aliphatic rings. The van der Waals surface area contributed by atoms with Gasteiger partial charge in [0, 0.05) is 17.3 Å². The number of rotatable bonds is 1. The van der Waals surface area contributed by atoms with Gasteiger partial charge in [-0.15, -0.1) is 0 Å². The van der Waals surface area contributed by atoms with Crippen LogP contribution < -0.4 is 0 Å². The molecule has 0 aliphatic heterocycles. The Morgan fingerprint density at radius 3 is 2.67 bits per heavy atom. The number of aromatic nitrogens is 1. The van der Waals surface area contributed by atoms with E-state index in [4.69, 9.17) is 11.6 Å². The third-order valence-corrected chi connectivity index (χ3v) is 2.22. The van der Waals surface area contributed by atoms with Crippen LogP contribution >= 0.6 is 11.6 Å². The molecule has 2 aromatic rings. The van der Waals surface area contributed by atoms with Gasteiger partial charge in [-0.2, -0.15) is 0 Å². The minimum Gasteiger partial charge on any atom is -0.253 e. The minimum absolute atomic E-state index is 0.110. The van der Waals surface area contributed by atoms with Crippen LogP contribution in [0.25, 0.3) is 11.1 Å². The van der Waals surface area contributed by atoms with E-state index < -0.39 is 11.6 Å². The molecule has 0 fully saturated rings. The molecule has 0 saturated heterocycles. The standard InChI is InChI=1S/C11H5ClF2N/c12-10-6-15-4-3-8(10)9-5-7(13)1-2-11(9)14/h1-5H. The summed E-state index contributed by atoms with van der Waals surface area (Å²) in [6.07, 6.45) is 3.89. The van der Waals surface area contributed by atoms with Gasteiger partial charge in [-0.25, -0.2) is 8.78 Å². The molecule has 0 N–H and O–H groups in total. The van der Waals surface area contributed by atoms with Gasteiger partial charge in [0.05, 0.1) is 5.02 Å². The van der Waals surface area contributed by atoms with Gasteiger partial charge >= 0.3 is 0 Å². The van der Waals surface area contributed by atoms with Gasteiger partial charge in [0.1, 0.15) is 17.8 Å². The Bertz CT molecular complexity index is 500. The van der Waals surface area contributed by atoms with E-state index in [1.165, 1.54) is 12.3 Å². The molecule has 1 radical (unpaired) electrons. The van der Waals surface area contributed by atoms with Gasteiger partial charge in [0.15, 0.2) is 0 Å². The van der Waals surface area contributed by atoms with E-state index in [0.29, 0.717) is 5.56 Å². The highest BCUT2D eigenvalue weighted by molar-refractivity contribution is 6.33.